The van der Waals surface area contributed by atoms with Crippen molar-refractivity contribution in [2.75, 3.05) is 22.1 Å². The number of aromatic nitrogens is 2. The Bertz CT molecular complexity index is 1360. The molecule has 0 radical (unpaired) electrons. The zero-order chi connectivity index (χ0) is 25.3. The van der Waals surface area contributed by atoms with Gasteiger partial charge in [-0.15, -0.1) is 12.4 Å². The van der Waals surface area contributed by atoms with Gasteiger partial charge in [-0.05, 0) is 75.7 Å². The standard InChI is InChI=1S/C27H30N6O2.ClH/c1-5-10-27(4,25(34)32-17-6-8-23-19(13-17)21(28)11-15(2)30-23)26(35)33-18-7-9-24-20(14-18)22(29)12-16(3)31-24;/h6-9,11-14H,5,10H2,1-4H3,(H2,28,30)(H2,29,31)(H,32,34)(H,33,35);1H. The van der Waals surface area contributed by atoms with Crippen LogP contribution in [0.5, 0.6) is 0 Å². The molecule has 9 heteroatoms. The Morgan fingerprint density at radius 1 is 0.806 bits per heavy atom. The van der Waals surface area contributed by atoms with Gasteiger partial charge in [0, 0.05) is 44.9 Å². The number of benzene rings is 2. The Morgan fingerprint density at radius 2 is 1.22 bits per heavy atom. The summed E-state index contributed by atoms with van der Waals surface area (Å²) in [5, 5.41) is 7.29. The number of carbonyl (C=O) groups is 2. The maximum Gasteiger partial charge on any atom is 0.239 e. The fourth-order valence-corrected chi connectivity index (χ4v) is 4.30. The second kappa shape index (κ2) is 10.4. The van der Waals surface area contributed by atoms with Crippen LogP contribution in [0, 0.1) is 19.3 Å². The van der Waals surface area contributed by atoms with Crippen molar-refractivity contribution in [1.29, 1.82) is 0 Å². The van der Waals surface area contributed by atoms with Crippen molar-refractivity contribution in [3.05, 3.63) is 59.9 Å². The van der Waals surface area contributed by atoms with E-state index in [-0.39, 0.29) is 12.4 Å². The lowest BCUT2D eigenvalue weighted by atomic mass is 9.83. The second-order valence-electron chi connectivity index (χ2n) is 9.16. The van der Waals surface area contributed by atoms with Crippen LogP contribution in [-0.2, 0) is 9.59 Å². The van der Waals surface area contributed by atoms with Crippen molar-refractivity contribution in [3.63, 3.8) is 0 Å². The van der Waals surface area contributed by atoms with Crippen LogP contribution in [0.4, 0.5) is 22.7 Å². The first kappa shape index (κ1) is 26.7. The van der Waals surface area contributed by atoms with Gasteiger partial charge >= 0.3 is 0 Å². The molecule has 0 aliphatic carbocycles. The zero-order valence-electron chi connectivity index (χ0n) is 20.8. The summed E-state index contributed by atoms with van der Waals surface area (Å²) in [5.74, 6) is -0.792. The molecule has 0 unspecified atom stereocenters. The summed E-state index contributed by atoms with van der Waals surface area (Å²) >= 11 is 0. The zero-order valence-corrected chi connectivity index (χ0v) is 21.6. The highest BCUT2D eigenvalue weighted by molar-refractivity contribution is 6.15. The summed E-state index contributed by atoms with van der Waals surface area (Å²) in [6, 6.07) is 14.3. The van der Waals surface area contributed by atoms with E-state index in [1.54, 1.807) is 55.5 Å². The maximum absolute atomic E-state index is 13.4. The number of nitrogens with two attached hydrogens (primary N) is 2. The molecule has 2 amide bonds. The molecular weight excluding hydrogens is 476 g/mol. The number of nitrogens with zero attached hydrogens (tertiary/aromatic N) is 2. The molecule has 0 bridgehead atoms. The van der Waals surface area contributed by atoms with Gasteiger partial charge in [-0.2, -0.15) is 0 Å². The number of pyridine rings is 2. The number of nitrogen functional groups attached to an aromatic ring is 2. The Hall–Kier alpha value is -3.91. The summed E-state index contributed by atoms with van der Waals surface area (Å²) in [4.78, 5) is 35.7. The fraction of sp³-hybridized carbons (Fsp3) is 0.259. The van der Waals surface area contributed by atoms with Crippen molar-refractivity contribution in [1.82, 2.24) is 9.97 Å². The largest absolute Gasteiger partial charge is 0.398 e. The summed E-state index contributed by atoms with van der Waals surface area (Å²) < 4.78 is 0. The molecule has 36 heavy (non-hydrogen) atoms. The first-order chi connectivity index (χ1) is 16.6. The van der Waals surface area contributed by atoms with Crippen molar-refractivity contribution in [3.8, 4) is 0 Å². The van der Waals surface area contributed by atoms with Gasteiger partial charge in [-0.1, -0.05) is 13.3 Å². The number of amides is 2. The molecule has 0 fully saturated rings. The predicted octanol–water partition coefficient (Wildman–Crippen LogP) is 5.37. The average Bonchev–Trinajstić information content (AvgIpc) is 2.79. The molecule has 0 aliphatic rings. The summed E-state index contributed by atoms with van der Waals surface area (Å²) in [5.41, 5.74) is 16.4. The van der Waals surface area contributed by atoms with Crippen LogP contribution in [0.1, 0.15) is 38.1 Å². The van der Waals surface area contributed by atoms with Gasteiger partial charge < -0.3 is 22.1 Å². The Morgan fingerprint density at radius 3 is 1.61 bits per heavy atom. The number of fused-ring (bicyclic) bond motifs is 2. The Labute approximate surface area is 216 Å². The van der Waals surface area contributed by atoms with Crippen molar-refractivity contribution in [2.45, 2.75) is 40.5 Å². The van der Waals surface area contributed by atoms with Gasteiger partial charge in [0.05, 0.1) is 11.0 Å². The average molecular weight is 507 g/mol. The minimum Gasteiger partial charge on any atom is -0.398 e. The van der Waals surface area contributed by atoms with Crippen LogP contribution in [0.15, 0.2) is 48.5 Å². The van der Waals surface area contributed by atoms with E-state index in [9.17, 15) is 9.59 Å². The van der Waals surface area contributed by atoms with Crippen molar-refractivity contribution >= 4 is 68.8 Å². The maximum atomic E-state index is 13.4. The first-order valence-electron chi connectivity index (χ1n) is 11.6. The molecule has 0 spiro atoms. The van der Waals surface area contributed by atoms with Gasteiger partial charge in [-0.25, -0.2) is 0 Å². The fourth-order valence-electron chi connectivity index (χ4n) is 4.30. The molecule has 188 valence electrons. The van der Waals surface area contributed by atoms with Gasteiger partial charge in [-0.3, -0.25) is 19.6 Å². The molecule has 0 aliphatic heterocycles. The number of halogens is 1. The van der Waals surface area contributed by atoms with Crippen molar-refractivity contribution in [2.24, 2.45) is 5.41 Å². The van der Waals surface area contributed by atoms with E-state index in [1.165, 1.54) is 0 Å². The third-order valence-corrected chi connectivity index (χ3v) is 6.21. The first-order valence-corrected chi connectivity index (χ1v) is 11.6. The quantitative estimate of drug-likeness (QED) is 0.259. The highest BCUT2D eigenvalue weighted by Crippen LogP contribution is 2.31. The van der Waals surface area contributed by atoms with E-state index in [2.05, 4.69) is 20.6 Å². The van der Waals surface area contributed by atoms with Crippen LogP contribution in [-0.4, -0.2) is 21.8 Å². The van der Waals surface area contributed by atoms with E-state index >= 15 is 0 Å². The molecular formula is C27H31ClN6O2. The lowest BCUT2D eigenvalue weighted by Gasteiger charge is -2.27. The molecule has 2 aromatic heterocycles. The lowest BCUT2D eigenvalue weighted by Crippen LogP contribution is -2.44. The number of hydrogen-bond acceptors (Lipinski definition) is 6. The molecule has 8 nitrogen and oxygen atoms in total. The van der Waals surface area contributed by atoms with Crippen molar-refractivity contribution < 1.29 is 9.59 Å². The van der Waals surface area contributed by atoms with Crippen LogP contribution in [0.25, 0.3) is 21.8 Å². The highest BCUT2D eigenvalue weighted by Gasteiger charge is 2.40. The minimum atomic E-state index is -1.30. The number of hydrogen-bond donors (Lipinski definition) is 4. The Balaban J connectivity index is 0.00000361. The van der Waals surface area contributed by atoms with E-state index in [1.807, 2.05) is 20.8 Å². The van der Waals surface area contributed by atoms with Gasteiger partial charge in [0.15, 0.2) is 0 Å². The molecule has 0 saturated heterocycles. The third kappa shape index (κ3) is 5.18. The van der Waals surface area contributed by atoms with E-state index < -0.39 is 17.2 Å². The topological polar surface area (TPSA) is 136 Å². The number of anilines is 4. The number of rotatable bonds is 6. The molecule has 4 rings (SSSR count). The summed E-state index contributed by atoms with van der Waals surface area (Å²) in [7, 11) is 0. The number of nitrogens with one attached hydrogen (secondary N) is 2. The lowest BCUT2D eigenvalue weighted by molar-refractivity contribution is -0.136. The van der Waals surface area contributed by atoms with Gasteiger partial charge in [0.25, 0.3) is 0 Å². The molecule has 2 heterocycles. The van der Waals surface area contributed by atoms with Crippen LogP contribution < -0.4 is 22.1 Å². The molecule has 0 saturated carbocycles. The molecule has 0 atom stereocenters. The SMILES string of the molecule is CCCC(C)(C(=O)Nc1ccc2nc(C)cc(N)c2c1)C(=O)Nc1ccc2nc(C)cc(N)c2c1.Cl. The van der Waals surface area contributed by atoms with Gasteiger partial charge in [0.2, 0.25) is 11.8 Å². The van der Waals surface area contributed by atoms with E-state index in [4.69, 9.17) is 11.5 Å². The van der Waals surface area contributed by atoms with Gasteiger partial charge in [0.1, 0.15) is 5.41 Å². The van der Waals surface area contributed by atoms with Crippen LogP contribution in [0.3, 0.4) is 0 Å². The Kier molecular flexibility index (Phi) is 7.69. The van der Waals surface area contributed by atoms with Crippen LogP contribution in [0.2, 0.25) is 0 Å². The van der Waals surface area contributed by atoms with E-state index in [0.717, 1.165) is 33.2 Å². The highest BCUT2D eigenvalue weighted by atomic mass is 35.5. The molecule has 2 aromatic carbocycles. The van der Waals surface area contributed by atoms with Crippen LogP contribution >= 0.6 is 12.4 Å². The van der Waals surface area contributed by atoms with E-state index in [0.29, 0.717) is 35.6 Å². The summed E-state index contributed by atoms with van der Waals surface area (Å²) in [6.07, 6.45) is 1.02. The molecule has 6 N–H and O–H groups in total. The molecule has 4 aromatic rings. The monoisotopic (exact) mass is 506 g/mol. The minimum absolute atomic E-state index is 0. The second-order valence-corrected chi connectivity index (χ2v) is 9.16. The summed E-state index contributed by atoms with van der Waals surface area (Å²) in [6.45, 7) is 7.35. The normalized spacial score (nSPS) is 11.2. The smallest absolute Gasteiger partial charge is 0.239 e. The predicted molar refractivity (Wildman–Crippen MR) is 149 cm³/mol. The number of aryl methyl sites for hydroxylation is 2. The number of carbonyl (C=O) groups excluding carboxylic acids is 2. The third-order valence-electron chi connectivity index (χ3n) is 6.21.